The van der Waals surface area contributed by atoms with Crippen molar-refractivity contribution in [1.82, 2.24) is 10.2 Å². The number of amides is 1. The highest BCUT2D eigenvalue weighted by Crippen LogP contribution is 2.39. The Labute approximate surface area is 239 Å². The topological polar surface area (TPSA) is 71.0 Å². The van der Waals surface area contributed by atoms with Gasteiger partial charge in [0.1, 0.15) is 0 Å². The van der Waals surface area contributed by atoms with Crippen LogP contribution in [-0.4, -0.2) is 44.9 Å². The van der Waals surface area contributed by atoms with Crippen molar-refractivity contribution in [3.05, 3.63) is 83.4 Å². The first-order valence-corrected chi connectivity index (χ1v) is 14.2. The van der Waals surface area contributed by atoms with Gasteiger partial charge in [-0.2, -0.15) is 0 Å². The molecular formula is C29H35Cl3N2O4. The van der Waals surface area contributed by atoms with Gasteiger partial charge in [-0.05, 0) is 29.5 Å². The van der Waals surface area contributed by atoms with Gasteiger partial charge in [0, 0.05) is 37.7 Å². The maximum atomic E-state index is 11.9. The SMILES string of the molecule is C=CCN(C[C@@H]1C[C@H](c2ccc(CO)cc2)O[C@H](c2ccc(CNC(=O)C(Cl)(Cl)Cl)cc2)O1)C1CCCC1. The lowest BCUT2D eigenvalue weighted by atomic mass is 9.99. The number of benzene rings is 2. The second-order valence-electron chi connectivity index (χ2n) is 9.95. The molecule has 0 unspecified atom stereocenters. The van der Waals surface area contributed by atoms with E-state index in [2.05, 4.69) is 16.8 Å². The molecule has 2 fully saturated rings. The van der Waals surface area contributed by atoms with Crippen molar-refractivity contribution in [3.8, 4) is 0 Å². The first kappa shape index (κ1) is 29.3. The fourth-order valence-corrected chi connectivity index (χ4v) is 5.38. The van der Waals surface area contributed by atoms with Gasteiger partial charge in [0.15, 0.2) is 6.29 Å². The highest BCUT2D eigenvalue weighted by atomic mass is 35.6. The number of halogens is 3. The van der Waals surface area contributed by atoms with Crippen LogP contribution in [-0.2, 0) is 27.4 Å². The molecule has 0 bridgehead atoms. The van der Waals surface area contributed by atoms with E-state index in [9.17, 15) is 9.90 Å². The molecule has 0 aromatic heterocycles. The van der Waals surface area contributed by atoms with Gasteiger partial charge < -0.3 is 19.9 Å². The fourth-order valence-electron chi connectivity index (χ4n) is 5.18. The first-order chi connectivity index (χ1) is 18.3. The number of carbonyl (C=O) groups excluding carboxylic acids is 1. The van der Waals surface area contributed by atoms with E-state index in [0.29, 0.717) is 6.04 Å². The average Bonchev–Trinajstić information content (AvgIpc) is 3.46. The third-order valence-corrected chi connectivity index (χ3v) is 7.74. The lowest BCUT2D eigenvalue weighted by Crippen LogP contribution is -2.43. The summed E-state index contributed by atoms with van der Waals surface area (Å²) in [6.45, 7) is 5.86. The van der Waals surface area contributed by atoms with Crippen LogP contribution < -0.4 is 5.32 Å². The van der Waals surface area contributed by atoms with Crippen LogP contribution in [0.2, 0.25) is 0 Å². The number of hydrogen-bond donors (Lipinski definition) is 2. The minimum absolute atomic E-state index is 0.00648. The van der Waals surface area contributed by atoms with Crippen molar-refractivity contribution in [2.24, 2.45) is 0 Å². The van der Waals surface area contributed by atoms with Gasteiger partial charge in [-0.3, -0.25) is 9.69 Å². The third kappa shape index (κ3) is 7.95. The minimum Gasteiger partial charge on any atom is -0.392 e. The van der Waals surface area contributed by atoms with E-state index in [1.165, 1.54) is 25.7 Å². The maximum absolute atomic E-state index is 11.9. The molecule has 0 spiro atoms. The van der Waals surface area contributed by atoms with E-state index in [-0.39, 0.29) is 25.4 Å². The van der Waals surface area contributed by atoms with Crippen molar-refractivity contribution in [3.63, 3.8) is 0 Å². The molecule has 38 heavy (non-hydrogen) atoms. The lowest BCUT2D eigenvalue weighted by molar-refractivity contribution is -0.253. The lowest BCUT2D eigenvalue weighted by Gasteiger charge is -2.39. The Morgan fingerprint density at radius 3 is 2.26 bits per heavy atom. The molecule has 1 saturated carbocycles. The predicted molar refractivity (Wildman–Crippen MR) is 151 cm³/mol. The molecule has 1 heterocycles. The molecule has 2 N–H and O–H groups in total. The van der Waals surface area contributed by atoms with Crippen molar-refractivity contribution in [2.45, 2.75) is 73.6 Å². The third-order valence-electron chi connectivity index (χ3n) is 7.22. The van der Waals surface area contributed by atoms with Gasteiger partial charge in [0.25, 0.3) is 9.70 Å². The van der Waals surface area contributed by atoms with Gasteiger partial charge in [-0.25, -0.2) is 0 Å². The molecule has 0 radical (unpaired) electrons. The Kier molecular flexibility index (Phi) is 10.5. The van der Waals surface area contributed by atoms with Crippen LogP contribution in [0, 0.1) is 0 Å². The van der Waals surface area contributed by atoms with Crippen LogP contribution >= 0.6 is 34.8 Å². The summed E-state index contributed by atoms with van der Waals surface area (Å²) in [5.41, 5.74) is 3.67. The fraction of sp³-hybridized carbons (Fsp3) is 0.483. The second-order valence-corrected chi connectivity index (χ2v) is 12.2. The number of aliphatic hydroxyl groups is 1. The molecule has 3 atom stereocenters. The number of carbonyl (C=O) groups is 1. The van der Waals surface area contributed by atoms with E-state index in [4.69, 9.17) is 44.3 Å². The molecule has 1 amide bonds. The molecule has 1 saturated heterocycles. The number of rotatable bonds is 10. The van der Waals surface area contributed by atoms with Gasteiger partial charge in [0.05, 0.1) is 18.8 Å². The van der Waals surface area contributed by atoms with Crippen LogP contribution in [0.15, 0.2) is 61.2 Å². The Hall–Kier alpha value is -1.64. The molecule has 1 aliphatic heterocycles. The summed E-state index contributed by atoms with van der Waals surface area (Å²) in [6, 6.07) is 16.1. The standard InChI is InChI=1S/C29H35Cl3N2O4/c1-2-15-34(24-5-3-4-6-24)18-25-16-26(22-11-9-21(19-35)10-12-22)38-27(37-25)23-13-7-20(8-14-23)17-33-28(36)29(30,31)32/h2,7-14,24-27,35H,1,3-6,15-19H2,(H,33,36)/t25-,26+,27+/m0/s1. The van der Waals surface area contributed by atoms with Crippen molar-refractivity contribution >= 4 is 40.7 Å². The Bertz CT molecular complexity index is 1050. The smallest absolute Gasteiger partial charge is 0.272 e. The van der Waals surface area contributed by atoms with Crippen LogP contribution in [0.25, 0.3) is 0 Å². The van der Waals surface area contributed by atoms with Gasteiger partial charge in [0.2, 0.25) is 0 Å². The van der Waals surface area contributed by atoms with Crippen molar-refractivity contribution in [1.29, 1.82) is 0 Å². The molecule has 4 rings (SSSR count). The normalized spacial score (nSPS) is 22.5. The molecule has 6 nitrogen and oxygen atoms in total. The largest absolute Gasteiger partial charge is 0.392 e. The summed E-state index contributed by atoms with van der Waals surface area (Å²) < 4.78 is 11.0. The van der Waals surface area contributed by atoms with E-state index in [1.807, 2.05) is 54.6 Å². The summed E-state index contributed by atoms with van der Waals surface area (Å²) in [5.74, 6) is -0.672. The summed E-state index contributed by atoms with van der Waals surface area (Å²) in [4.78, 5) is 14.4. The van der Waals surface area contributed by atoms with Gasteiger partial charge >= 0.3 is 0 Å². The second kappa shape index (κ2) is 13.6. The molecule has 9 heteroatoms. The number of aliphatic hydroxyl groups excluding tert-OH is 1. The van der Waals surface area contributed by atoms with E-state index in [1.54, 1.807) is 0 Å². The molecule has 2 aliphatic rings. The zero-order valence-electron chi connectivity index (χ0n) is 21.3. The number of alkyl halides is 3. The van der Waals surface area contributed by atoms with Crippen LogP contribution in [0.5, 0.6) is 0 Å². The Balaban J connectivity index is 1.50. The zero-order valence-corrected chi connectivity index (χ0v) is 23.6. The zero-order chi connectivity index (χ0) is 27.1. The highest BCUT2D eigenvalue weighted by molar-refractivity contribution is 6.76. The van der Waals surface area contributed by atoms with Crippen LogP contribution in [0.4, 0.5) is 0 Å². The number of hydrogen-bond acceptors (Lipinski definition) is 5. The number of nitrogens with zero attached hydrogens (tertiary/aromatic N) is 1. The monoisotopic (exact) mass is 580 g/mol. The molecule has 1 aliphatic carbocycles. The minimum atomic E-state index is -2.00. The molecule has 206 valence electrons. The quantitative estimate of drug-likeness (QED) is 0.260. The summed E-state index contributed by atoms with van der Waals surface area (Å²) in [7, 11) is 0. The predicted octanol–water partition coefficient (Wildman–Crippen LogP) is 6.14. The van der Waals surface area contributed by atoms with Crippen molar-refractivity contribution < 1.29 is 19.4 Å². The van der Waals surface area contributed by atoms with Gasteiger partial charge in [-0.15, -0.1) is 6.58 Å². The summed E-state index contributed by atoms with van der Waals surface area (Å²) in [5, 5.41) is 12.1. The van der Waals surface area contributed by atoms with E-state index in [0.717, 1.165) is 41.8 Å². The number of ether oxygens (including phenoxy) is 2. The van der Waals surface area contributed by atoms with Gasteiger partial charge in [-0.1, -0.05) is 102 Å². The number of nitrogens with one attached hydrogen (secondary N) is 1. The summed E-state index contributed by atoms with van der Waals surface area (Å²) >= 11 is 16.9. The highest BCUT2D eigenvalue weighted by Gasteiger charge is 2.35. The molecule has 2 aromatic rings. The molecule has 2 aromatic carbocycles. The first-order valence-electron chi connectivity index (χ1n) is 13.1. The average molecular weight is 582 g/mol. The Morgan fingerprint density at radius 1 is 1.03 bits per heavy atom. The summed E-state index contributed by atoms with van der Waals surface area (Å²) in [6.07, 6.45) is 6.94. The maximum Gasteiger partial charge on any atom is 0.272 e. The Morgan fingerprint density at radius 2 is 1.66 bits per heavy atom. The molecular weight excluding hydrogens is 547 g/mol. The van der Waals surface area contributed by atoms with Crippen LogP contribution in [0.3, 0.4) is 0 Å². The van der Waals surface area contributed by atoms with Crippen LogP contribution in [0.1, 0.15) is 66.8 Å². The van der Waals surface area contributed by atoms with Crippen molar-refractivity contribution in [2.75, 3.05) is 13.1 Å². The van der Waals surface area contributed by atoms with E-state index < -0.39 is 16.0 Å². The van der Waals surface area contributed by atoms with E-state index >= 15 is 0 Å².